The molecule has 0 aliphatic heterocycles. The average Bonchev–Trinajstić information content (AvgIpc) is 2.26. The molecule has 88 valence electrons. The van der Waals surface area contributed by atoms with Gasteiger partial charge >= 0.3 is 0 Å². The van der Waals surface area contributed by atoms with E-state index < -0.39 is 0 Å². The number of hydrogen-bond acceptors (Lipinski definition) is 3. The zero-order valence-electron chi connectivity index (χ0n) is 10.1. The Labute approximate surface area is 97.2 Å². The second kappa shape index (κ2) is 4.34. The van der Waals surface area contributed by atoms with Gasteiger partial charge in [-0.05, 0) is 31.4 Å². The Bertz CT molecular complexity index is 361. The van der Waals surface area contributed by atoms with Crippen LogP contribution in [0, 0.1) is 0 Å². The lowest BCUT2D eigenvalue weighted by Crippen LogP contribution is -2.54. The molecule has 0 atom stereocenters. The van der Waals surface area contributed by atoms with Crippen LogP contribution >= 0.6 is 0 Å². The Morgan fingerprint density at radius 3 is 2.62 bits per heavy atom. The van der Waals surface area contributed by atoms with Crippen LogP contribution in [0.1, 0.15) is 19.3 Å². The van der Waals surface area contributed by atoms with Crippen molar-refractivity contribution in [1.29, 1.82) is 0 Å². The van der Waals surface area contributed by atoms with Crippen molar-refractivity contribution in [3.63, 3.8) is 0 Å². The quantitative estimate of drug-likeness (QED) is 0.843. The van der Waals surface area contributed by atoms with E-state index in [2.05, 4.69) is 18.0 Å². The van der Waals surface area contributed by atoms with E-state index in [0.29, 0.717) is 0 Å². The maximum atomic E-state index is 6.25. The highest BCUT2D eigenvalue weighted by atomic mass is 16.5. The Hall–Kier alpha value is -1.22. The smallest absolute Gasteiger partial charge is 0.142 e. The Balaban J connectivity index is 2.10. The number of benzene rings is 1. The number of ether oxygens (including phenoxy) is 1. The Kier molecular flexibility index (Phi) is 3.06. The van der Waals surface area contributed by atoms with Gasteiger partial charge in [0.1, 0.15) is 5.75 Å². The lowest BCUT2D eigenvalue weighted by atomic mass is 9.77. The maximum Gasteiger partial charge on any atom is 0.142 e. The summed E-state index contributed by atoms with van der Waals surface area (Å²) in [5.74, 6) is 0.910. The normalized spacial score (nSPS) is 17.7. The Morgan fingerprint density at radius 1 is 1.38 bits per heavy atom. The van der Waals surface area contributed by atoms with Crippen LogP contribution in [-0.2, 0) is 0 Å². The average molecular weight is 220 g/mol. The molecule has 0 spiro atoms. The Morgan fingerprint density at radius 2 is 2.06 bits per heavy atom. The van der Waals surface area contributed by atoms with E-state index in [1.54, 1.807) is 7.11 Å². The number of nitrogens with two attached hydrogens (primary N) is 1. The first-order chi connectivity index (χ1) is 7.64. The number of methoxy groups -OCH3 is 1. The van der Waals surface area contributed by atoms with Gasteiger partial charge in [0.25, 0.3) is 0 Å². The van der Waals surface area contributed by atoms with Gasteiger partial charge < -0.3 is 15.4 Å². The molecule has 3 heteroatoms. The molecular weight excluding hydrogens is 200 g/mol. The molecule has 0 amide bonds. The molecule has 0 saturated heterocycles. The van der Waals surface area contributed by atoms with E-state index in [1.165, 1.54) is 6.42 Å². The third kappa shape index (κ3) is 2.14. The molecule has 1 aromatic rings. The van der Waals surface area contributed by atoms with Crippen LogP contribution < -0.4 is 15.4 Å². The molecule has 2 rings (SSSR count). The summed E-state index contributed by atoms with van der Waals surface area (Å²) >= 11 is 0. The van der Waals surface area contributed by atoms with E-state index in [4.69, 9.17) is 10.5 Å². The number of para-hydroxylation sites is 2. The molecule has 1 saturated carbocycles. The molecule has 0 aromatic heterocycles. The van der Waals surface area contributed by atoms with Gasteiger partial charge in [0.05, 0.1) is 12.8 Å². The maximum absolute atomic E-state index is 6.25. The van der Waals surface area contributed by atoms with Crippen molar-refractivity contribution in [2.45, 2.75) is 24.8 Å². The van der Waals surface area contributed by atoms with Gasteiger partial charge in [-0.2, -0.15) is 0 Å². The third-order valence-corrected chi connectivity index (χ3v) is 3.40. The van der Waals surface area contributed by atoms with E-state index in [1.807, 2.05) is 18.2 Å². The van der Waals surface area contributed by atoms with Crippen molar-refractivity contribution in [1.82, 2.24) is 0 Å². The van der Waals surface area contributed by atoms with Crippen molar-refractivity contribution >= 4 is 5.69 Å². The largest absolute Gasteiger partial charge is 0.495 e. The van der Waals surface area contributed by atoms with Gasteiger partial charge in [-0.25, -0.2) is 0 Å². The number of anilines is 1. The minimum atomic E-state index is 0.00953. The monoisotopic (exact) mass is 220 g/mol. The zero-order chi connectivity index (χ0) is 11.6. The lowest BCUT2D eigenvalue weighted by Gasteiger charge is -2.41. The zero-order valence-corrected chi connectivity index (χ0v) is 10.1. The molecule has 0 heterocycles. The van der Waals surface area contributed by atoms with Crippen LogP contribution in [0.3, 0.4) is 0 Å². The molecule has 16 heavy (non-hydrogen) atoms. The second-order valence-corrected chi connectivity index (χ2v) is 4.74. The second-order valence-electron chi connectivity index (χ2n) is 4.74. The van der Waals surface area contributed by atoms with Crippen LogP contribution in [0.2, 0.25) is 0 Å². The van der Waals surface area contributed by atoms with E-state index in [0.717, 1.165) is 30.8 Å². The van der Waals surface area contributed by atoms with Crippen LogP contribution in [0.15, 0.2) is 24.3 Å². The minimum Gasteiger partial charge on any atom is -0.495 e. The lowest BCUT2D eigenvalue weighted by molar-refractivity contribution is 0.255. The van der Waals surface area contributed by atoms with Crippen LogP contribution in [0.4, 0.5) is 5.69 Å². The molecule has 0 bridgehead atoms. The number of rotatable bonds is 4. The number of likely N-dealkylation sites (N-methyl/N-ethyl adjacent to an activating group) is 1. The fourth-order valence-electron chi connectivity index (χ4n) is 2.29. The van der Waals surface area contributed by atoms with E-state index in [-0.39, 0.29) is 5.54 Å². The van der Waals surface area contributed by atoms with E-state index in [9.17, 15) is 0 Å². The van der Waals surface area contributed by atoms with E-state index >= 15 is 0 Å². The van der Waals surface area contributed by atoms with Crippen LogP contribution in [-0.4, -0.2) is 26.2 Å². The standard InChI is InChI=1S/C13H20N2O/c1-15(10-13(14)8-5-9-13)11-6-3-4-7-12(11)16-2/h3-4,6-7H,5,8-10,14H2,1-2H3. The van der Waals surface area contributed by atoms with Crippen molar-refractivity contribution in [2.24, 2.45) is 5.73 Å². The van der Waals surface area contributed by atoms with Crippen LogP contribution in [0.5, 0.6) is 5.75 Å². The molecule has 3 nitrogen and oxygen atoms in total. The fourth-order valence-corrected chi connectivity index (χ4v) is 2.29. The predicted octanol–water partition coefficient (Wildman–Crippen LogP) is 2.01. The molecular formula is C13H20N2O. The molecule has 1 aromatic carbocycles. The SMILES string of the molecule is COc1ccccc1N(C)CC1(N)CCC1. The van der Waals surface area contributed by atoms with Gasteiger partial charge in [-0.15, -0.1) is 0 Å². The van der Waals surface area contributed by atoms with Gasteiger partial charge in [0.2, 0.25) is 0 Å². The molecule has 0 unspecified atom stereocenters. The summed E-state index contributed by atoms with van der Waals surface area (Å²) in [6.45, 7) is 0.896. The fraction of sp³-hybridized carbons (Fsp3) is 0.538. The summed E-state index contributed by atoms with van der Waals surface area (Å²) < 4.78 is 5.35. The van der Waals surface area contributed by atoms with Gasteiger partial charge in [0.15, 0.2) is 0 Å². The summed E-state index contributed by atoms with van der Waals surface area (Å²) in [5.41, 5.74) is 7.37. The molecule has 1 aliphatic rings. The van der Waals surface area contributed by atoms with Crippen molar-refractivity contribution < 1.29 is 4.74 Å². The van der Waals surface area contributed by atoms with Crippen molar-refractivity contribution in [2.75, 3.05) is 25.6 Å². The minimum absolute atomic E-state index is 0.00953. The third-order valence-electron chi connectivity index (χ3n) is 3.40. The molecule has 1 aliphatic carbocycles. The first-order valence-corrected chi connectivity index (χ1v) is 5.78. The first kappa shape index (κ1) is 11.3. The highest BCUT2D eigenvalue weighted by Gasteiger charge is 2.33. The van der Waals surface area contributed by atoms with Crippen molar-refractivity contribution in [3.05, 3.63) is 24.3 Å². The highest BCUT2D eigenvalue weighted by Crippen LogP contribution is 2.33. The molecule has 2 N–H and O–H groups in total. The van der Waals surface area contributed by atoms with Crippen LogP contribution in [0.25, 0.3) is 0 Å². The summed E-state index contributed by atoms with van der Waals surface area (Å²) in [5, 5.41) is 0. The number of nitrogens with zero attached hydrogens (tertiary/aromatic N) is 1. The summed E-state index contributed by atoms with van der Waals surface area (Å²) in [4.78, 5) is 2.19. The topological polar surface area (TPSA) is 38.5 Å². The summed E-state index contributed by atoms with van der Waals surface area (Å²) in [6.07, 6.45) is 3.52. The van der Waals surface area contributed by atoms with Gasteiger partial charge in [-0.3, -0.25) is 0 Å². The molecule has 0 radical (unpaired) electrons. The summed E-state index contributed by atoms with van der Waals surface area (Å²) in [6, 6.07) is 8.06. The van der Waals surface area contributed by atoms with Gasteiger partial charge in [-0.1, -0.05) is 12.1 Å². The van der Waals surface area contributed by atoms with Crippen molar-refractivity contribution in [3.8, 4) is 5.75 Å². The highest BCUT2D eigenvalue weighted by molar-refractivity contribution is 5.58. The predicted molar refractivity (Wildman–Crippen MR) is 67.0 cm³/mol. The first-order valence-electron chi connectivity index (χ1n) is 5.78. The van der Waals surface area contributed by atoms with Gasteiger partial charge in [0, 0.05) is 19.1 Å². The number of hydrogen-bond donors (Lipinski definition) is 1. The molecule has 1 fully saturated rings. The summed E-state index contributed by atoms with van der Waals surface area (Å²) in [7, 11) is 3.78.